The molecular formula is C22H15IN4O3. The van der Waals surface area contributed by atoms with Crippen LogP contribution >= 0.6 is 22.6 Å². The van der Waals surface area contributed by atoms with Crippen molar-refractivity contribution in [3.63, 3.8) is 0 Å². The van der Waals surface area contributed by atoms with E-state index in [9.17, 15) is 4.79 Å². The van der Waals surface area contributed by atoms with Gasteiger partial charge in [0, 0.05) is 26.4 Å². The smallest absolute Gasteiger partial charge is 0.269 e. The first kappa shape index (κ1) is 18.7. The molecule has 0 radical (unpaired) electrons. The van der Waals surface area contributed by atoms with Crippen molar-refractivity contribution in [2.75, 3.05) is 11.9 Å². The van der Waals surface area contributed by atoms with Crippen molar-refractivity contribution in [3.8, 4) is 22.8 Å². The van der Waals surface area contributed by atoms with Gasteiger partial charge in [-0.15, -0.1) is 0 Å². The summed E-state index contributed by atoms with van der Waals surface area (Å²) < 4.78 is 12.3. The summed E-state index contributed by atoms with van der Waals surface area (Å²) in [6.45, 7) is 0.165. The van der Waals surface area contributed by atoms with Crippen molar-refractivity contribution >= 4 is 45.2 Å². The molecule has 0 saturated carbocycles. The Balaban J connectivity index is 1.37. The number of anilines is 1. The van der Waals surface area contributed by atoms with Crippen LogP contribution in [0.4, 0.5) is 5.69 Å². The predicted octanol–water partition coefficient (Wildman–Crippen LogP) is 4.07. The Hall–Kier alpha value is -3.27. The van der Waals surface area contributed by atoms with Crippen molar-refractivity contribution < 1.29 is 14.3 Å². The third-order valence-corrected chi connectivity index (χ3v) is 5.59. The van der Waals surface area contributed by atoms with E-state index in [-0.39, 0.29) is 12.5 Å². The highest BCUT2D eigenvalue weighted by molar-refractivity contribution is 14.1. The van der Waals surface area contributed by atoms with Gasteiger partial charge in [0.05, 0.1) is 5.69 Å². The summed E-state index contributed by atoms with van der Waals surface area (Å²) in [5.41, 5.74) is 3.06. The number of pyridine rings is 1. The Bertz CT molecular complexity index is 1260. The molecule has 1 atom stereocenters. The zero-order valence-electron chi connectivity index (χ0n) is 15.6. The van der Waals surface area contributed by atoms with E-state index < -0.39 is 6.10 Å². The third kappa shape index (κ3) is 3.54. The molecule has 0 saturated heterocycles. The molecule has 3 heterocycles. The Morgan fingerprint density at radius 2 is 1.90 bits per heavy atom. The number of hydrogen-bond acceptors (Lipinski definition) is 6. The summed E-state index contributed by atoms with van der Waals surface area (Å²) >= 11 is 2.24. The van der Waals surface area contributed by atoms with Gasteiger partial charge >= 0.3 is 0 Å². The second kappa shape index (κ2) is 7.86. The van der Waals surface area contributed by atoms with Crippen LogP contribution in [0.25, 0.3) is 22.3 Å². The lowest BCUT2D eigenvalue weighted by atomic mass is 10.1. The van der Waals surface area contributed by atoms with Gasteiger partial charge in [0.2, 0.25) is 6.10 Å². The Kier molecular flexibility index (Phi) is 4.91. The van der Waals surface area contributed by atoms with Crippen LogP contribution in [0.15, 0.2) is 67.1 Å². The lowest BCUT2D eigenvalue weighted by molar-refractivity contribution is -0.125. The van der Waals surface area contributed by atoms with Gasteiger partial charge in [-0.2, -0.15) is 0 Å². The van der Waals surface area contributed by atoms with Crippen LogP contribution in [0, 0.1) is 3.57 Å². The number of ether oxygens (including phenoxy) is 2. The Morgan fingerprint density at radius 1 is 1.03 bits per heavy atom. The topological polar surface area (TPSA) is 86.2 Å². The highest BCUT2D eigenvalue weighted by atomic mass is 127. The highest BCUT2D eigenvalue weighted by Crippen LogP contribution is 2.32. The summed E-state index contributed by atoms with van der Waals surface area (Å²) in [6, 6.07) is 16.8. The number of rotatable bonds is 3. The number of halogens is 1. The number of nitrogens with one attached hydrogen (secondary N) is 1. The monoisotopic (exact) mass is 510 g/mol. The maximum Gasteiger partial charge on any atom is 0.269 e. The molecule has 1 amide bonds. The Morgan fingerprint density at radius 3 is 2.77 bits per heavy atom. The zero-order valence-corrected chi connectivity index (χ0v) is 17.7. The van der Waals surface area contributed by atoms with Gasteiger partial charge in [0.25, 0.3) is 5.91 Å². The minimum absolute atomic E-state index is 0.165. The average Bonchev–Trinajstić information content (AvgIpc) is 2.78. The molecule has 2 aromatic heterocycles. The zero-order chi connectivity index (χ0) is 20.5. The number of para-hydroxylation sites is 2. The maximum absolute atomic E-state index is 12.7. The van der Waals surface area contributed by atoms with Crippen molar-refractivity contribution in [2.24, 2.45) is 0 Å². The molecule has 5 rings (SSSR count). The second-order valence-corrected chi connectivity index (χ2v) is 7.81. The molecule has 0 fully saturated rings. The van der Waals surface area contributed by atoms with Crippen molar-refractivity contribution in [2.45, 2.75) is 6.10 Å². The normalized spacial score (nSPS) is 15.0. The summed E-state index contributed by atoms with van der Waals surface area (Å²) in [5.74, 6) is 0.954. The molecule has 30 heavy (non-hydrogen) atoms. The fourth-order valence-electron chi connectivity index (χ4n) is 3.27. The Labute approximate surface area is 185 Å². The molecular weight excluding hydrogens is 495 g/mol. The molecule has 1 unspecified atom stereocenters. The molecule has 1 N–H and O–H groups in total. The number of aromatic nitrogens is 3. The summed E-state index contributed by atoms with van der Waals surface area (Å²) in [7, 11) is 0. The van der Waals surface area contributed by atoms with Crippen LogP contribution in [-0.4, -0.2) is 33.6 Å². The summed E-state index contributed by atoms with van der Waals surface area (Å²) in [4.78, 5) is 25.6. The van der Waals surface area contributed by atoms with E-state index in [1.165, 1.54) is 6.33 Å². The minimum atomic E-state index is -0.714. The minimum Gasteiger partial charge on any atom is -0.485 e. The van der Waals surface area contributed by atoms with Crippen LogP contribution in [0.2, 0.25) is 0 Å². The van der Waals surface area contributed by atoms with E-state index in [1.807, 2.05) is 48.5 Å². The fraction of sp³-hybridized carbons (Fsp3) is 0.0909. The SMILES string of the molecule is O=C(Nc1ccc(-c2ncnc3ncccc23)c(I)c1)C1COc2ccccc2O1. The number of nitrogens with zero attached hydrogens (tertiary/aromatic N) is 3. The lowest BCUT2D eigenvalue weighted by Crippen LogP contribution is -2.40. The molecule has 0 spiro atoms. The van der Waals surface area contributed by atoms with Gasteiger partial charge in [-0.25, -0.2) is 15.0 Å². The van der Waals surface area contributed by atoms with Crippen molar-refractivity contribution in [3.05, 3.63) is 70.7 Å². The fourth-order valence-corrected chi connectivity index (χ4v) is 4.04. The molecule has 1 aliphatic rings. The van der Waals surface area contributed by atoms with E-state index in [1.54, 1.807) is 12.3 Å². The maximum atomic E-state index is 12.7. The number of carbonyl (C=O) groups excluding carboxylic acids is 1. The second-order valence-electron chi connectivity index (χ2n) is 6.64. The first-order valence-electron chi connectivity index (χ1n) is 9.24. The summed E-state index contributed by atoms with van der Waals surface area (Å²) in [6.07, 6.45) is 2.50. The van der Waals surface area contributed by atoms with E-state index in [2.05, 4.69) is 42.9 Å². The van der Waals surface area contributed by atoms with Crippen LogP contribution in [0.5, 0.6) is 11.5 Å². The molecule has 1 aliphatic heterocycles. The number of amides is 1. The van der Waals surface area contributed by atoms with Gasteiger partial charge < -0.3 is 14.8 Å². The first-order chi connectivity index (χ1) is 14.7. The number of hydrogen-bond donors (Lipinski definition) is 1. The van der Waals surface area contributed by atoms with Gasteiger partial charge in [0.1, 0.15) is 12.9 Å². The van der Waals surface area contributed by atoms with Gasteiger partial charge in [-0.1, -0.05) is 12.1 Å². The van der Waals surface area contributed by atoms with Gasteiger partial charge in [-0.3, -0.25) is 4.79 Å². The molecule has 7 nitrogen and oxygen atoms in total. The lowest BCUT2D eigenvalue weighted by Gasteiger charge is -2.25. The molecule has 148 valence electrons. The van der Waals surface area contributed by atoms with E-state index in [0.29, 0.717) is 22.8 Å². The van der Waals surface area contributed by atoms with Crippen LogP contribution in [-0.2, 0) is 4.79 Å². The van der Waals surface area contributed by atoms with Crippen LogP contribution in [0.3, 0.4) is 0 Å². The predicted molar refractivity (Wildman–Crippen MR) is 120 cm³/mol. The average molecular weight is 510 g/mol. The molecule has 8 heteroatoms. The third-order valence-electron chi connectivity index (χ3n) is 4.70. The number of carbonyl (C=O) groups is 1. The number of benzene rings is 2. The number of fused-ring (bicyclic) bond motifs is 2. The first-order valence-corrected chi connectivity index (χ1v) is 10.3. The van der Waals surface area contributed by atoms with E-state index in [4.69, 9.17) is 9.47 Å². The van der Waals surface area contributed by atoms with Crippen molar-refractivity contribution in [1.82, 2.24) is 15.0 Å². The van der Waals surface area contributed by atoms with Crippen molar-refractivity contribution in [1.29, 1.82) is 0 Å². The standard InChI is InChI=1S/C22H15IN4O3/c23-16-10-13(27-22(28)19-11-29-17-5-1-2-6-18(17)30-19)7-8-14(16)20-15-4-3-9-24-21(15)26-12-25-20/h1-10,12,19H,11H2,(H,27,28). The molecule has 0 bridgehead atoms. The van der Waals surface area contributed by atoms with E-state index in [0.717, 1.165) is 20.2 Å². The van der Waals surface area contributed by atoms with E-state index >= 15 is 0 Å². The summed E-state index contributed by atoms with van der Waals surface area (Å²) in [5, 5.41) is 3.78. The highest BCUT2D eigenvalue weighted by Gasteiger charge is 2.27. The molecule has 0 aliphatic carbocycles. The molecule has 4 aromatic rings. The van der Waals surface area contributed by atoms with Crippen LogP contribution < -0.4 is 14.8 Å². The quantitative estimate of drug-likeness (QED) is 0.419. The van der Waals surface area contributed by atoms with Gasteiger partial charge in [-0.05, 0) is 65.1 Å². The molecule has 2 aromatic carbocycles. The van der Waals surface area contributed by atoms with Gasteiger partial charge in [0.15, 0.2) is 17.1 Å². The largest absolute Gasteiger partial charge is 0.485 e. The van der Waals surface area contributed by atoms with Crippen LogP contribution in [0.1, 0.15) is 0 Å².